The van der Waals surface area contributed by atoms with E-state index in [2.05, 4.69) is 10.4 Å². The summed E-state index contributed by atoms with van der Waals surface area (Å²) in [7, 11) is 0. The summed E-state index contributed by atoms with van der Waals surface area (Å²) in [5.41, 5.74) is 9.04. The molecule has 3 rings (SSSR count). The van der Waals surface area contributed by atoms with Crippen LogP contribution in [0.2, 0.25) is 5.02 Å². The number of imidazole rings is 1. The molecule has 86 valence electrons. The van der Waals surface area contributed by atoms with Crippen molar-refractivity contribution in [2.45, 2.75) is 6.92 Å². The zero-order valence-corrected chi connectivity index (χ0v) is 10.7. The normalized spacial score (nSPS) is 11.2. The van der Waals surface area contributed by atoms with Gasteiger partial charge in [0.1, 0.15) is 5.82 Å². The first-order valence-corrected chi connectivity index (χ1v) is 6.40. The number of rotatable bonds is 1. The SMILES string of the molecule is Cc1nc2scc(-c3ccc(Cl)cc3)n2c1N. The molecule has 0 bridgehead atoms. The summed E-state index contributed by atoms with van der Waals surface area (Å²) in [6.45, 7) is 1.92. The molecule has 1 aromatic carbocycles. The highest BCUT2D eigenvalue weighted by Gasteiger charge is 2.12. The lowest BCUT2D eigenvalue weighted by atomic mass is 10.2. The van der Waals surface area contributed by atoms with Crippen LogP contribution in [0.15, 0.2) is 29.6 Å². The van der Waals surface area contributed by atoms with Gasteiger partial charge in [0.15, 0.2) is 4.96 Å². The van der Waals surface area contributed by atoms with Crippen molar-refractivity contribution in [3.05, 3.63) is 40.4 Å². The minimum atomic E-state index is 0.700. The Balaban J connectivity index is 2.26. The zero-order chi connectivity index (χ0) is 12.0. The van der Waals surface area contributed by atoms with Gasteiger partial charge in [-0.1, -0.05) is 23.7 Å². The molecular formula is C12H10ClN3S. The lowest BCUT2D eigenvalue weighted by molar-refractivity contribution is 1.24. The number of hydrogen-bond donors (Lipinski definition) is 1. The third-order valence-corrected chi connectivity index (χ3v) is 3.80. The molecule has 2 heterocycles. The predicted octanol–water partition coefficient (Wildman–Crippen LogP) is 3.61. The number of fused-ring (bicyclic) bond motifs is 1. The quantitative estimate of drug-likeness (QED) is 0.729. The zero-order valence-electron chi connectivity index (χ0n) is 9.14. The number of nitrogens with two attached hydrogens (primary N) is 1. The van der Waals surface area contributed by atoms with Crippen LogP contribution in [-0.4, -0.2) is 9.38 Å². The van der Waals surface area contributed by atoms with Gasteiger partial charge < -0.3 is 5.73 Å². The van der Waals surface area contributed by atoms with E-state index in [1.165, 1.54) is 0 Å². The molecule has 2 aromatic heterocycles. The number of benzene rings is 1. The van der Waals surface area contributed by atoms with Crippen LogP contribution in [0.3, 0.4) is 0 Å². The van der Waals surface area contributed by atoms with Gasteiger partial charge in [0, 0.05) is 10.4 Å². The Bertz CT molecular complexity index is 682. The minimum absolute atomic E-state index is 0.700. The summed E-state index contributed by atoms with van der Waals surface area (Å²) in [5.74, 6) is 0.700. The molecule has 5 heteroatoms. The summed E-state index contributed by atoms with van der Waals surface area (Å²) in [6.07, 6.45) is 0. The molecule has 0 spiro atoms. The van der Waals surface area contributed by atoms with E-state index in [1.54, 1.807) is 11.3 Å². The Hall–Kier alpha value is -1.52. The van der Waals surface area contributed by atoms with Gasteiger partial charge in [-0.2, -0.15) is 0 Å². The average molecular weight is 264 g/mol. The van der Waals surface area contributed by atoms with Crippen LogP contribution in [0.5, 0.6) is 0 Å². The molecule has 0 aliphatic rings. The number of anilines is 1. The summed E-state index contributed by atoms with van der Waals surface area (Å²) in [6, 6.07) is 7.72. The summed E-state index contributed by atoms with van der Waals surface area (Å²) in [5, 5.41) is 2.79. The van der Waals surface area contributed by atoms with Gasteiger partial charge in [0.05, 0.1) is 11.4 Å². The van der Waals surface area contributed by atoms with E-state index >= 15 is 0 Å². The second-order valence-electron chi connectivity index (χ2n) is 3.83. The number of nitrogens with zero attached hydrogens (tertiary/aromatic N) is 2. The fourth-order valence-corrected chi connectivity index (χ4v) is 2.88. The third-order valence-electron chi connectivity index (χ3n) is 2.72. The largest absolute Gasteiger partial charge is 0.383 e. The van der Waals surface area contributed by atoms with Gasteiger partial charge in [0.25, 0.3) is 0 Å². The molecule has 0 unspecified atom stereocenters. The Morgan fingerprint density at radius 3 is 2.71 bits per heavy atom. The predicted molar refractivity (Wildman–Crippen MR) is 72.7 cm³/mol. The van der Waals surface area contributed by atoms with Crippen molar-refractivity contribution < 1.29 is 0 Å². The Labute approximate surface area is 107 Å². The van der Waals surface area contributed by atoms with E-state index in [1.807, 2.05) is 35.6 Å². The minimum Gasteiger partial charge on any atom is -0.383 e. The molecule has 0 amide bonds. The molecular weight excluding hydrogens is 254 g/mol. The molecule has 0 fully saturated rings. The number of nitrogen functional groups attached to an aromatic ring is 1. The summed E-state index contributed by atoms with van der Waals surface area (Å²) < 4.78 is 1.98. The molecule has 0 aliphatic heterocycles. The lowest BCUT2D eigenvalue weighted by Gasteiger charge is -2.01. The van der Waals surface area contributed by atoms with E-state index < -0.39 is 0 Å². The molecule has 17 heavy (non-hydrogen) atoms. The van der Waals surface area contributed by atoms with Crippen molar-refractivity contribution in [2.75, 3.05) is 5.73 Å². The number of halogens is 1. The van der Waals surface area contributed by atoms with Gasteiger partial charge in [0.2, 0.25) is 0 Å². The van der Waals surface area contributed by atoms with Gasteiger partial charge >= 0.3 is 0 Å². The van der Waals surface area contributed by atoms with Gasteiger partial charge in [-0.3, -0.25) is 4.40 Å². The van der Waals surface area contributed by atoms with Gasteiger partial charge in [-0.15, -0.1) is 11.3 Å². The highest BCUT2D eigenvalue weighted by Crippen LogP contribution is 2.30. The van der Waals surface area contributed by atoms with E-state index in [0.29, 0.717) is 5.82 Å². The molecule has 0 saturated carbocycles. The van der Waals surface area contributed by atoms with Crippen LogP contribution >= 0.6 is 22.9 Å². The van der Waals surface area contributed by atoms with Crippen molar-refractivity contribution in [1.82, 2.24) is 9.38 Å². The van der Waals surface area contributed by atoms with Crippen molar-refractivity contribution in [3.63, 3.8) is 0 Å². The van der Waals surface area contributed by atoms with Crippen LogP contribution < -0.4 is 5.73 Å². The third kappa shape index (κ3) is 1.61. The maximum Gasteiger partial charge on any atom is 0.196 e. The first kappa shape index (κ1) is 10.6. The molecule has 2 N–H and O–H groups in total. The molecule has 3 nitrogen and oxygen atoms in total. The smallest absolute Gasteiger partial charge is 0.196 e. The van der Waals surface area contributed by atoms with Gasteiger partial charge in [-0.05, 0) is 24.6 Å². The van der Waals surface area contributed by atoms with Crippen LogP contribution in [0.4, 0.5) is 5.82 Å². The molecule has 0 radical (unpaired) electrons. The highest BCUT2D eigenvalue weighted by atomic mass is 35.5. The fourth-order valence-electron chi connectivity index (χ4n) is 1.81. The van der Waals surface area contributed by atoms with E-state index in [0.717, 1.165) is 26.9 Å². The Morgan fingerprint density at radius 1 is 1.29 bits per heavy atom. The second kappa shape index (κ2) is 3.75. The van der Waals surface area contributed by atoms with Crippen molar-refractivity contribution in [2.24, 2.45) is 0 Å². The van der Waals surface area contributed by atoms with E-state index in [9.17, 15) is 0 Å². The van der Waals surface area contributed by atoms with E-state index in [4.69, 9.17) is 17.3 Å². The van der Waals surface area contributed by atoms with Crippen molar-refractivity contribution in [1.29, 1.82) is 0 Å². The molecule has 0 aliphatic carbocycles. The second-order valence-corrected chi connectivity index (χ2v) is 5.10. The highest BCUT2D eigenvalue weighted by molar-refractivity contribution is 7.15. The van der Waals surface area contributed by atoms with Crippen LogP contribution in [0.25, 0.3) is 16.2 Å². The van der Waals surface area contributed by atoms with Gasteiger partial charge in [-0.25, -0.2) is 4.98 Å². The monoisotopic (exact) mass is 263 g/mol. The number of thiazole rings is 1. The first-order valence-electron chi connectivity index (χ1n) is 5.15. The maximum atomic E-state index is 6.03. The number of aromatic nitrogens is 2. The van der Waals surface area contributed by atoms with Crippen LogP contribution in [0.1, 0.15) is 5.69 Å². The summed E-state index contributed by atoms with van der Waals surface area (Å²) >= 11 is 7.47. The maximum absolute atomic E-state index is 6.03. The first-order chi connectivity index (χ1) is 8.16. The Kier molecular flexibility index (Phi) is 2.34. The number of aryl methyl sites for hydroxylation is 1. The molecule has 0 atom stereocenters. The van der Waals surface area contributed by atoms with Crippen molar-refractivity contribution in [3.8, 4) is 11.3 Å². The number of hydrogen-bond acceptors (Lipinski definition) is 3. The van der Waals surface area contributed by atoms with Crippen molar-refractivity contribution >= 4 is 33.7 Å². The Morgan fingerprint density at radius 2 is 2.00 bits per heavy atom. The van der Waals surface area contributed by atoms with Crippen LogP contribution in [0, 0.1) is 6.92 Å². The average Bonchev–Trinajstić information content (AvgIpc) is 2.83. The standard InChI is InChI=1S/C12H10ClN3S/c1-7-11(14)16-10(6-17-12(16)15-7)8-2-4-9(13)5-3-8/h2-6H,14H2,1H3. The topological polar surface area (TPSA) is 43.3 Å². The van der Waals surface area contributed by atoms with Crippen LogP contribution in [-0.2, 0) is 0 Å². The summed E-state index contributed by atoms with van der Waals surface area (Å²) in [4.78, 5) is 5.33. The fraction of sp³-hybridized carbons (Fsp3) is 0.0833. The molecule has 0 saturated heterocycles. The lowest BCUT2D eigenvalue weighted by Crippen LogP contribution is -1.94. The molecule has 3 aromatic rings. The van der Waals surface area contributed by atoms with E-state index in [-0.39, 0.29) is 0 Å².